The average Bonchev–Trinajstić information content (AvgIpc) is 2.89. The molecule has 2 heterocycles. The summed E-state index contributed by atoms with van der Waals surface area (Å²) in [7, 11) is 0. The van der Waals surface area contributed by atoms with Crippen molar-refractivity contribution >= 4 is 41.1 Å². The van der Waals surface area contributed by atoms with Gasteiger partial charge in [0.05, 0.1) is 16.1 Å². The molecule has 2 aliphatic rings. The van der Waals surface area contributed by atoms with Crippen LogP contribution in [-0.2, 0) is 9.59 Å². The topological polar surface area (TPSA) is 64.1 Å². The first kappa shape index (κ1) is 22.1. The Morgan fingerprint density at radius 3 is 2.72 bits per heavy atom. The maximum atomic E-state index is 12.5. The maximum Gasteiger partial charge on any atom is 0.246 e. The molecule has 1 unspecified atom stereocenters. The Morgan fingerprint density at radius 2 is 1.97 bits per heavy atom. The second-order valence-electron chi connectivity index (χ2n) is 7.56. The third-order valence-corrected chi connectivity index (χ3v) is 6.17. The van der Waals surface area contributed by atoms with Crippen LogP contribution in [0.1, 0.15) is 24.8 Å². The van der Waals surface area contributed by atoms with Crippen LogP contribution in [0.3, 0.4) is 0 Å². The highest BCUT2D eigenvalue weighted by atomic mass is 35.5. The van der Waals surface area contributed by atoms with Crippen LogP contribution in [0.5, 0.6) is 0 Å². The van der Waals surface area contributed by atoms with Crippen molar-refractivity contribution in [2.75, 3.05) is 45.8 Å². The highest BCUT2D eigenvalue weighted by molar-refractivity contribution is 6.42. The lowest BCUT2D eigenvalue weighted by Crippen LogP contribution is -2.44. The Labute approximate surface area is 181 Å². The third kappa shape index (κ3) is 6.44. The Kier molecular flexibility index (Phi) is 7.95. The molecular formula is C21H27Cl2N3O3. The van der Waals surface area contributed by atoms with Crippen molar-refractivity contribution < 1.29 is 14.7 Å². The van der Waals surface area contributed by atoms with Gasteiger partial charge in [0, 0.05) is 51.8 Å². The summed E-state index contributed by atoms with van der Waals surface area (Å²) in [6.45, 7) is 4.48. The monoisotopic (exact) mass is 439 g/mol. The normalized spacial score (nSPS) is 21.6. The molecule has 0 spiro atoms. The molecule has 0 saturated carbocycles. The van der Waals surface area contributed by atoms with E-state index in [0.29, 0.717) is 49.2 Å². The van der Waals surface area contributed by atoms with Gasteiger partial charge in [-0.2, -0.15) is 0 Å². The van der Waals surface area contributed by atoms with E-state index < -0.39 is 0 Å². The molecule has 1 atom stereocenters. The number of rotatable bonds is 5. The molecule has 2 fully saturated rings. The molecule has 3 rings (SSSR count). The summed E-state index contributed by atoms with van der Waals surface area (Å²) in [6, 6.07) is 5.19. The van der Waals surface area contributed by atoms with Crippen molar-refractivity contribution in [3.63, 3.8) is 0 Å². The van der Waals surface area contributed by atoms with E-state index in [1.807, 2.05) is 4.90 Å². The summed E-state index contributed by atoms with van der Waals surface area (Å²) >= 11 is 11.9. The van der Waals surface area contributed by atoms with Crippen LogP contribution < -0.4 is 0 Å². The fourth-order valence-electron chi connectivity index (χ4n) is 3.71. The molecule has 0 bridgehead atoms. The van der Waals surface area contributed by atoms with Crippen LogP contribution in [0.2, 0.25) is 10.0 Å². The summed E-state index contributed by atoms with van der Waals surface area (Å²) in [4.78, 5) is 30.7. The predicted octanol–water partition coefficient (Wildman–Crippen LogP) is 2.52. The number of hydrogen-bond acceptors (Lipinski definition) is 4. The molecule has 1 aromatic carbocycles. The lowest BCUT2D eigenvalue weighted by molar-refractivity contribution is -0.130. The van der Waals surface area contributed by atoms with Gasteiger partial charge in [0.15, 0.2) is 0 Å². The van der Waals surface area contributed by atoms with Gasteiger partial charge in [-0.25, -0.2) is 0 Å². The van der Waals surface area contributed by atoms with Crippen LogP contribution >= 0.6 is 23.2 Å². The van der Waals surface area contributed by atoms with Crippen molar-refractivity contribution in [2.45, 2.75) is 25.4 Å². The number of carbonyl (C=O) groups excluding carboxylic acids is 2. The van der Waals surface area contributed by atoms with Crippen LogP contribution in [0.25, 0.3) is 6.08 Å². The Balaban J connectivity index is 1.51. The third-order valence-electron chi connectivity index (χ3n) is 5.43. The number of hydrogen-bond donors (Lipinski definition) is 1. The van der Waals surface area contributed by atoms with Crippen molar-refractivity contribution in [3.8, 4) is 0 Å². The lowest BCUT2D eigenvalue weighted by Gasteiger charge is -2.32. The number of aliphatic hydroxyl groups is 1. The van der Waals surface area contributed by atoms with E-state index in [1.54, 1.807) is 29.2 Å². The number of aliphatic hydroxyl groups excluding tert-OH is 1. The molecule has 2 aliphatic heterocycles. The first-order valence-corrected chi connectivity index (χ1v) is 10.8. The number of piperidine rings is 1. The number of amides is 2. The zero-order valence-corrected chi connectivity index (χ0v) is 17.9. The van der Waals surface area contributed by atoms with E-state index in [0.717, 1.165) is 31.5 Å². The summed E-state index contributed by atoms with van der Waals surface area (Å²) in [5.74, 6) is -0.0452. The predicted molar refractivity (Wildman–Crippen MR) is 115 cm³/mol. The van der Waals surface area contributed by atoms with Gasteiger partial charge in [0.1, 0.15) is 0 Å². The fraction of sp³-hybridized carbons (Fsp3) is 0.524. The van der Waals surface area contributed by atoms with Gasteiger partial charge in [-0.05, 0) is 43.2 Å². The first-order valence-electron chi connectivity index (χ1n) is 10.0. The van der Waals surface area contributed by atoms with Gasteiger partial charge in [-0.1, -0.05) is 29.3 Å². The zero-order chi connectivity index (χ0) is 20.8. The molecule has 0 aromatic heterocycles. The molecule has 1 N–H and O–H groups in total. The van der Waals surface area contributed by atoms with Crippen LogP contribution in [0, 0.1) is 0 Å². The number of β-amino-alcohol motifs (C(OH)–C–C–N with tert-alkyl or cyclic N) is 1. The Bertz CT molecular complexity index is 772. The van der Waals surface area contributed by atoms with E-state index in [2.05, 4.69) is 4.90 Å². The van der Waals surface area contributed by atoms with Crippen molar-refractivity contribution in [2.24, 2.45) is 0 Å². The SMILES string of the molecule is O=C(C=Cc1ccc(Cl)c(Cl)c1)N1CCC(=O)N(CCN2CCCC(O)C2)CC1. The molecule has 0 aliphatic carbocycles. The number of nitrogens with zero attached hydrogens (tertiary/aromatic N) is 3. The summed E-state index contributed by atoms with van der Waals surface area (Å²) in [5, 5.41) is 10.7. The van der Waals surface area contributed by atoms with Gasteiger partial charge in [-0.15, -0.1) is 0 Å². The van der Waals surface area contributed by atoms with Gasteiger partial charge in [0.25, 0.3) is 0 Å². The lowest BCUT2D eigenvalue weighted by atomic mass is 10.1. The van der Waals surface area contributed by atoms with Crippen LogP contribution in [0.4, 0.5) is 0 Å². The molecule has 29 heavy (non-hydrogen) atoms. The van der Waals surface area contributed by atoms with E-state index in [-0.39, 0.29) is 17.9 Å². The van der Waals surface area contributed by atoms with Crippen LogP contribution in [-0.4, -0.2) is 83.5 Å². The highest BCUT2D eigenvalue weighted by Crippen LogP contribution is 2.23. The minimum atomic E-state index is -0.265. The van der Waals surface area contributed by atoms with E-state index >= 15 is 0 Å². The first-order chi connectivity index (χ1) is 13.9. The zero-order valence-electron chi connectivity index (χ0n) is 16.4. The van der Waals surface area contributed by atoms with Gasteiger partial charge in [-0.3, -0.25) is 14.5 Å². The molecule has 1 aromatic rings. The average molecular weight is 440 g/mol. The number of halogens is 2. The molecule has 2 amide bonds. The largest absolute Gasteiger partial charge is 0.392 e. The quantitative estimate of drug-likeness (QED) is 0.715. The summed E-state index contributed by atoms with van der Waals surface area (Å²) in [5.41, 5.74) is 0.795. The second kappa shape index (κ2) is 10.4. The molecule has 158 valence electrons. The van der Waals surface area contributed by atoms with E-state index in [9.17, 15) is 14.7 Å². The second-order valence-corrected chi connectivity index (χ2v) is 8.37. The van der Waals surface area contributed by atoms with E-state index in [4.69, 9.17) is 23.2 Å². The molecule has 0 radical (unpaired) electrons. The van der Waals surface area contributed by atoms with Crippen molar-refractivity contribution in [3.05, 3.63) is 39.9 Å². The minimum absolute atomic E-state index is 0.0753. The smallest absolute Gasteiger partial charge is 0.246 e. The molecule has 6 nitrogen and oxygen atoms in total. The molecular weight excluding hydrogens is 413 g/mol. The number of carbonyl (C=O) groups is 2. The van der Waals surface area contributed by atoms with Crippen molar-refractivity contribution in [1.29, 1.82) is 0 Å². The fourth-order valence-corrected chi connectivity index (χ4v) is 4.02. The molecule has 8 heteroatoms. The van der Waals surface area contributed by atoms with Gasteiger partial charge >= 0.3 is 0 Å². The van der Waals surface area contributed by atoms with E-state index in [1.165, 1.54) is 6.08 Å². The standard InChI is InChI=1S/C21H27Cl2N3O3/c22-18-5-3-16(14-19(18)23)4-6-20(28)25-9-7-21(29)26(13-12-25)11-10-24-8-1-2-17(27)15-24/h3-6,14,17,27H,1-2,7-13,15H2. The summed E-state index contributed by atoms with van der Waals surface area (Å²) < 4.78 is 0. The van der Waals surface area contributed by atoms with Crippen LogP contribution in [0.15, 0.2) is 24.3 Å². The number of likely N-dealkylation sites (tertiary alicyclic amines) is 1. The Hall–Kier alpha value is -1.60. The van der Waals surface area contributed by atoms with Gasteiger partial charge < -0.3 is 14.9 Å². The Morgan fingerprint density at radius 1 is 1.14 bits per heavy atom. The minimum Gasteiger partial charge on any atom is -0.392 e. The number of benzene rings is 1. The molecule has 2 saturated heterocycles. The summed E-state index contributed by atoms with van der Waals surface area (Å²) in [6.07, 6.45) is 5.12. The maximum absolute atomic E-state index is 12.5. The highest BCUT2D eigenvalue weighted by Gasteiger charge is 2.24. The van der Waals surface area contributed by atoms with Gasteiger partial charge in [0.2, 0.25) is 11.8 Å². The van der Waals surface area contributed by atoms with Crippen molar-refractivity contribution in [1.82, 2.24) is 14.7 Å².